The molecule has 3 saturated carbocycles. The van der Waals surface area contributed by atoms with Gasteiger partial charge in [0.1, 0.15) is 0 Å². The fourth-order valence-electron chi connectivity index (χ4n) is 9.22. The number of carbonyl (C=O) groups is 1. The first kappa shape index (κ1) is 22.6. The van der Waals surface area contributed by atoms with Gasteiger partial charge in [-0.15, -0.1) is 0 Å². The number of rotatable bonds is 6. The lowest BCUT2D eigenvalue weighted by Crippen LogP contribution is -2.51. The molecule has 0 N–H and O–H groups in total. The highest BCUT2D eigenvalue weighted by atomic mass is 16.1. The fourth-order valence-corrected chi connectivity index (χ4v) is 9.22. The number of carbonyl (C=O) groups excluding carboxylic acids is 1. The molecule has 30 heavy (non-hydrogen) atoms. The Morgan fingerprint density at radius 3 is 2.43 bits per heavy atom. The van der Waals surface area contributed by atoms with E-state index in [1.165, 1.54) is 63.4 Å². The first-order valence-electron chi connectivity index (χ1n) is 13.4. The largest absolute Gasteiger partial charge is 0.295 e. The van der Waals surface area contributed by atoms with Crippen LogP contribution in [0.3, 0.4) is 0 Å². The normalized spacial score (nSPS) is 42.9. The van der Waals surface area contributed by atoms with Crippen molar-refractivity contribution in [2.24, 2.45) is 52.3 Å². The van der Waals surface area contributed by atoms with Crippen molar-refractivity contribution >= 4 is 5.78 Å². The van der Waals surface area contributed by atoms with Crippen LogP contribution < -0.4 is 0 Å². The summed E-state index contributed by atoms with van der Waals surface area (Å²) in [6.45, 7) is 15.0. The summed E-state index contributed by atoms with van der Waals surface area (Å²) in [5, 5.41) is 0. The molecule has 4 aliphatic carbocycles. The van der Waals surface area contributed by atoms with Crippen molar-refractivity contribution in [3.63, 3.8) is 0 Å². The summed E-state index contributed by atoms with van der Waals surface area (Å²) < 4.78 is 0. The summed E-state index contributed by atoms with van der Waals surface area (Å²) in [7, 11) is 0. The van der Waals surface area contributed by atoms with Crippen molar-refractivity contribution in [2.45, 2.75) is 112 Å². The molecule has 0 heterocycles. The lowest BCUT2D eigenvalue weighted by atomic mass is 9.46. The summed E-state index contributed by atoms with van der Waals surface area (Å²) >= 11 is 0. The Kier molecular flexibility index (Phi) is 6.33. The van der Waals surface area contributed by atoms with Crippen LogP contribution in [0.1, 0.15) is 112 Å². The van der Waals surface area contributed by atoms with Gasteiger partial charge in [0.2, 0.25) is 0 Å². The topological polar surface area (TPSA) is 17.1 Å². The Labute approximate surface area is 186 Å². The molecule has 1 heteroatoms. The van der Waals surface area contributed by atoms with Crippen LogP contribution in [-0.4, -0.2) is 5.78 Å². The van der Waals surface area contributed by atoms with Crippen molar-refractivity contribution in [2.75, 3.05) is 0 Å². The van der Waals surface area contributed by atoms with Crippen molar-refractivity contribution in [1.82, 2.24) is 0 Å². The van der Waals surface area contributed by atoms with E-state index in [2.05, 4.69) is 47.6 Å². The number of ketones is 1. The van der Waals surface area contributed by atoms with Gasteiger partial charge in [0.15, 0.2) is 5.78 Å². The number of allylic oxidation sites excluding steroid dienone is 1. The molecule has 0 bridgehead atoms. The van der Waals surface area contributed by atoms with Gasteiger partial charge in [-0.25, -0.2) is 0 Å². The van der Waals surface area contributed by atoms with Gasteiger partial charge in [0, 0.05) is 6.42 Å². The monoisotopic (exact) mass is 412 g/mol. The molecule has 170 valence electrons. The molecule has 0 spiro atoms. The van der Waals surface area contributed by atoms with E-state index in [0.717, 1.165) is 54.3 Å². The third-order valence-electron chi connectivity index (χ3n) is 11.2. The van der Waals surface area contributed by atoms with Crippen LogP contribution in [0.15, 0.2) is 11.6 Å². The van der Waals surface area contributed by atoms with E-state index in [0.29, 0.717) is 16.6 Å². The minimum atomic E-state index is 0.327. The molecule has 0 aromatic carbocycles. The molecule has 0 radical (unpaired) electrons. The minimum absolute atomic E-state index is 0.327. The Hall–Kier alpha value is -0.590. The number of fused-ring (bicyclic) bond motifs is 5. The van der Waals surface area contributed by atoms with Gasteiger partial charge in [-0.2, -0.15) is 0 Å². The quantitative estimate of drug-likeness (QED) is 0.429. The maximum absolute atomic E-state index is 12.1. The highest BCUT2D eigenvalue weighted by Gasteiger charge is 2.59. The highest BCUT2D eigenvalue weighted by Crippen LogP contribution is 2.67. The van der Waals surface area contributed by atoms with E-state index in [1.807, 2.05) is 0 Å². The third kappa shape index (κ3) is 3.65. The lowest BCUT2D eigenvalue weighted by molar-refractivity contribution is -0.117. The van der Waals surface area contributed by atoms with E-state index in [9.17, 15) is 4.79 Å². The van der Waals surface area contributed by atoms with Crippen LogP contribution in [0.2, 0.25) is 0 Å². The summed E-state index contributed by atoms with van der Waals surface area (Å²) in [4.78, 5) is 12.1. The smallest absolute Gasteiger partial charge is 0.155 e. The first-order chi connectivity index (χ1) is 14.2. The Morgan fingerprint density at radius 2 is 1.73 bits per heavy atom. The maximum Gasteiger partial charge on any atom is 0.155 e. The predicted molar refractivity (Wildman–Crippen MR) is 127 cm³/mol. The second kappa shape index (κ2) is 8.40. The Morgan fingerprint density at radius 1 is 0.967 bits per heavy atom. The van der Waals surface area contributed by atoms with Crippen LogP contribution >= 0.6 is 0 Å². The molecule has 4 aliphatic rings. The zero-order valence-electron chi connectivity index (χ0n) is 20.8. The summed E-state index contributed by atoms with van der Waals surface area (Å²) in [5.41, 5.74) is 2.42. The van der Waals surface area contributed by atoms with E-state index in [-0.39, 0.29) is 0 Å². The van der Waals surface area contributed by atoms with Crippen molar-refractivity contribution < 1.29 is 4.79 Å². The van der Waals surface area contributed by atoms with Gasteiger partial charge in [-0.05, 0) is 110 Å². The van der Waals surface area contributed by atoms with Gasteiger partial charge in [0.05, 0.1) is 0 Å². The molecule has 1 nitrogen and oxygen atoms in total. The van der Waals surface area contributed by atoms with Gasteiger partial charge in [-0.1, -0.05) is 60.0 Å². The molecular weight excluding hydrogens is 364 g/mol. The maximum atomic E-state index is 12.1. The van der Waals surface area contributed by atoms with E-state index < -0.39 is 0 Å². The fraction of sp³-hybridized carbons (Fsp3) is 0.897. The molecule has 0 aromatic heterocycles. The Bertz CT molecular complexity index is 674. The minimum Gasteiger partial charge on any atom is -0.295 e. The third-order valence-corrected chi connectivity index (χ3v) is 11.2. The van der Waals surface area contributed by atoms with Crippen molar-refractivity contribution in [3.8, 4) is 0 Å². The summed E-state index contributed by atoms with van der Waals surface area (Å²) in [5.74, 6) is 6.63. The molecule has 4 rings (SSSR count). The van der Waals surface area contributed by atoms with Crippen molar-refractivity contribution in [3.05, 3.63) is 11.6 Å². The molecule has 8 atom stereocenters. The standard InChI is InChI=1S/C29H48O/c1-7-21(19(2)3)9-8-20(4)25-12-13-26-24-11-10-22-18-23(30)14-16-28(22,5)27(24)15-17-29(25,26)6/h18-21,24-27H,7-17H2,1-6H3/t20-,21-,24-,25-,26+,27+,28-,29-/m1/s1. The summed E-state index contributed by atoms with van der Waals surface area (Å²) in [6, 6.07) is 0. The number of hydrogen-bond donors (Lipinski definition) is 0. The molecule has 0 aromatic rings. The van der Waals surface area contributed by atoms with E-state index in [1.54, 1.807) is 0 Å². The highest BCUT2D eigenvalue weighted by molar-refractivity contribution is 5.91. The Balaban J connectivity index is 1.48. The zero-order chi connectivity index (χ0) is 21.7. The molecule has 0 aliphatic heterocycles. The van der Waals surface area contributed by atoms with Gasteiger partial charge >= 0.3 is 0 Å². The van der Waals surface area contributed by atoms with Crippen LogP contribution in [0.5, 0.6) is 0 Å². The average Bonchev–Trinajstić information content (AvgIpc) is 3.06. The summed E-state index contributed by atoms with van der Waals surface area (Å²) in [6.07, 6.45) is 16.5. The van der Waals surface area contributed by atoms with Gasteiger partial charge < -0.3 is 0 Å². The average molecular weight is 413 g/mol. The molecular formula is C29H48O. The molecule has 3 fully saturated rings. The molecule has 0 saturated heterocycles. The SMILES string of the molecule is CC[C@H](CC[C@@H](C)[C@H]1CC[C@H]2[C@H]3CCC4=CC(=O)CC[C@@]4(C)[C@H]3CC[C@]12C)C(C)C. The predicted octanol–water partition coefficient (Wildman–Crippen LogP) is 8.23. The molecule has 0 unspecified atom stereocenters. The first-order valence-corrected chi connectivity index (χ1v) is 13.4. The molecule has 0 amide bonds. The van der Waals surface area contributed by atoms with E-state index >= 15 is 0 Å². The second-order valence-electron chi connectivity index (χ2n) is 12.7. The van der Waals surface area contributed by atoms with Crippen LogP contribution in [0, 0.1) is 52.3 Å². The van der Waals surface area contributed by atoms with Gasteiger partial charge in [-0.3, -0.25) is 4.79 Å². The van der Waals surface area contributed by atoms with Crippen molar-refractivity contribution in [1.29, 1.82) is 0 Å². The van der Waals surface area contributed by atoms with Gasteiger partial charge in [0.25, 0.3) is 0 Å². The second-order valence-corrected chi connectivity index (χ2v) is 12.7. The number of hydrogen-bond acceptors (Lipinski definition) is 1. The van der Waals surface area contributed by atoms with Crippen LogP contribution in [0.4, 0.5) is 0 Å². The lowest BCUT2D eigenvalue weighted by Gasteiger charge is -2.58. The zero-order valence-corrected chi connectivity index (χ0v) is 20.8. The van der Waals surface area contributed by atoms with Crippen LogP contribution in [0.25, 0.3) is 0 Å². The van der Waals surface area contributed by atoms with E-state index in [4.69, 9.17) is 0 Å². The van der Waals surface area contributed by atoms with Crippen LogP contribution in [-0.2, 0) is 4.79 Å².